The molecular formula is C15H20O3. The Morgan fingerprint density at radius 1 is 1.44 bits per heavy atom. The van der Waals surface area contributed by atoms with Gasteiger partial charge in [-0.25, -0.2) is 0 Å². The van der Waals surface area contributed by atoms with Crippen molar-refractivity contribution >= 4 is 0 Å². The molecule has 0 amide bonds. The molecule has 3 heteroatoms. The third-order valence-electron chi connectivity index (χ3n) is 4.37. The number of para-hydroxylation sites is 1. The summed E-state index contributed by atoms with van der Waals surface area (Å²) >= 11 is 0. The molecule has 0 radical (unpaired) electrons. The van der Waals surface area contributed by atoms with Crippen LogP contribution in [0.5, 0.6) is 5.75 Å². The average molecular weight is 248 g/mol. The molecule has 1 N–H and O–H groups in total. The maximum Gasteiger partial charge on any atom is 0.128 e. The molecule has 1 aliphatic carbocycles. The van der Waals surface area contributed by atoms with Gasteiger partial charge in [0, 0.05) is 25.5 Å². The van der Waals surface area contributed by atoms with E-state index in [2.05, 4.69) is 6.07 Å². The largest absolute Gasteiger partial charge is 0.493 e. The SMILES string of the molecule is COC1(CC(O)c2cccc3c2OCC3)CCC1. The number of benzene rings is 1. The number of aliphatic hydroxyl groups excluding tert-OH is 1. The lowest BCUT2D eigenvalue weighted by Gasteiger charge is -2.42. The van der Waals surface area contributed by atoms with Gasteiger partial charge in [0.15, 0.2) is 0 Å². The first-order chi connectivity index (χ1) is 8.74. The van der Waals surface area contributed by atoms with Crippen LogP contribution < -0.4 is 4.74 Å². The van der Waals surface area contributed by atoms with Crippen molar-refractivity contribution in [1.29, 1.82) is 0 Å². The van der Waals surface area contributed by atoms with Gasteiger partial charge in [-0.1, -0.05) is 18.2 Å². The summed E-state index contributed by atoms with van der Waals surface area (Å²) in [6.45, 7) is 0.731. The van der Waals surface area contributed by atoms with E-state index in [0.717, 1.165) is 37.2 Å². The third-order valence-corrected chi connectivity index (χ3v) is 4.37. The summed E-state index contributed by atoms with van der Waals surface area (Å²) in [6.07, 6.45) is 4.43. The highest BCUT2D eigenvalue weighted by Crippen LogP contribution is 2.44. The minimum Gasteiger partial charge on any atom is -0.493 e. The Bertz CT molecular complexity index is 432. The second-order valence-electron chi connectivity index (χ2n) is 5.39. The molecule has 1 aromatic rings. The van der Waals surface area contributed by atoms with E-state index in [0.29, 0.717) is 6.42 Å². The number of ether oxygens (including phenoxy) is 2. The maximum absolute atomic E-state index is 10.5. The standard InChI is InChI=1S/C15H20O3/c1-17-15(7-3-8-15)10-13(16)12-5-2-4-11-6-9-18-14(11)12/h2,4-5,13,16H,3,6-10H2,1H3. The first kappa shape index (κ1) is 12.0. The summed E-state index contributed by atoms with van der Waals surface area (Å²) in [4.78, 5) is 0. The quantitative estimate of drug-likeness (QED) is 0.890. The van der Waals surface area contributed by atoms with E-state index in [-0.39, 0.29) is 5.60 Å². The van der Waals surface area contributed by atoms with Crippen molar-refractivity contribution in [2.75, 3.05) is 13.7 Å². The summed E-state index contributed by atoms with van der Waals surface area (Å²) in [5.41, 5.74) is 2.03. The second kappa shape index (κ2) is 4.56. The van der Waals surface area contributed by atoms with Crippen molar-refractivity contribution in [2.45, 2.75) is 43.8 Å². The van der Waals surface area contributed by atoms with Crippen molar-refractivity contribution in [1.82, 2.24) is 0 Å². The predicted molar refractivity (Wildman–Crippen MR) is 68.8 cm³/mol. The van der Waals surface area contributed by atoms with Crippen LogP contribution in [0.25, 0.3) is 0 Å². The van der Waals surface area contributed by atoms with E-state index in [1.165, 1.54) is 12.0 Å². The van der Waals surface area contributed by atoms with Gasteiger partial charge in [0.2, 0.25) is 0 Å². The number of methoxy groups -OCH3 is 1. The molecule has 18 heavy (non-hydrogen) atoms. The molecule has 0 bridgehead atoms. The van der Waals surface area contributed by atoms with Crippen LogP contribution in [0, 0.1) is 0 Å². The fraction of sp³-hybridized carbons (Fsp3) is 0.600. The van der Waals surface area contributed by atoms with Gasteiger partial charge in [-0.3, -0.25) is 0 Å². The van der Waals surface area contributed by atoms with Crippen molar-refractivity contribution in [3.8, 4) is 5.75 Å². The molecule has 3 rings (SSSR count). The maximum atomic E-state index is 10.5. The molecule has 1 aliphatic heterocycles. The Morgan fingerprint density at radius 3 is 2.94 bits per heavy atom. The molecule has 1 unspecified atom stereocenters. The van der Waals surface area contributed by atoms with Crippen LogP contribution in [0.3, 0.4) is 0 Å². The zero-order valence-electron chi connectivity index (χ0n) is 10.8. The summed E-state index contributed by atoms with van der Waals surface area (Å²) < 4.78 is 11.2. The summed E-state index contributed by atoms with van der Waals surface area (Å²) in [7, 11) is 1.75. The van der Waals surface area contributed by atoms with Crippen molar-refractivity contribution < 1.29 is 14.6 Å². The molecule has 1 atom stereocenters. The van der Waals surface area contributed by atoms with E-state index in [1.54, 1.807) is 7.11 Å². The second-order valence-corrected chi connectivity index (χ2v) is 5.39. The monoisotopic (exact) mass is 248 g/mol. The molecule has 1 heterocycles. The third kappa shape index (κ3) is 1.91. The topological polar surface area (TPSA) is 38.7 Å². The van der Waals surface area contributed by atoms with Gasteiger partial charge in [-0.15, -0.1) is 0 Å². The Hall–Kier alpha value is -1.06. The summed E-state index contributed by atoms with van der Waals surface area (Å²) in [5, 5.41) is 10.5. The predicted octanol–water partition coefficient (Wildman–Crippen LogP) is 2.61. The van der Waals surface area contributed by atoms with Gasteiger partial charge >= 0.3 is 0 Å². The van der Waals surface area contributed by atoms with Crippen molar-refractivity contribution in [2.24, 2.45) is 0 Å². The van der Waals surface area contributed by atoms with Crippen LogP contribution in [0.2, 0.25) is 0 Å². The molecule has 1 fully saturated rings. The Labute approximate surface area is 108 Å². The van der Waals surface area contributed by atoms with Gasteiger partial charge in [0.25, 0.3) is 0 Å². The van der Waals surface area contributed by atoms with Crippen LogP contribution in [0.1, 0.15) is 42.9 Å². The van der Waals surface area contributed by atoms with Gasteiger partial charge in [0.1, 0.15) is 5.75 Å². The number of rotatable bonds is 4. The molecule has 1 aromatic carbocycles. The zero-order valence-corrected chi connectivity index (χ0v) is 10.8. The lowest BCUT2D eigenvalue weighted by molar-refractivity contribution is -0.100. The summed E-state index contributed by atoms with van der Waals surface area (Å²) in [6, 6.07) is 6.05. The molecule has 0 saturated heterocycles. The Morgan fingerprint density at radius 2 is 2.28 bits per heavy atom. The molecule has 1 saturated carbocycles. The van der Waals surface area contributed by atoms with E-state index in [9.17, 15) is 5.11 Å². The fourth-order valence-corrected chi connectivity index (χ4v) is 3.03. The van der Waals surface area contributed by atoms with Gasteiger partial charge in [0.05, 0.1) is 18.3 Å². The fourth-order valence-electron chi connectivity index (χ4n) is 3.03. The van der Waals surface area contributed by atoms with Gasteiger partial charge in [-0.05, 0) is 24.8 Å². The first-order valence-corrected chi connectivity index (χ1v) is 6.72. The smallest absolute Gasteiger partial charge is 0.128 e. The average Bonchev–Trinajstić information content (AvgIpc) is 2.81. The van der Waals surface area contributed by atoms with Crippen molar-refractivity contribution in [3.63, 3.8) is 0 Å². The highest BCUT2D eigenvalue weighted by molar-refractivity contribution is 5.45. The highest BCUT2D eigenvalue weighted by Gasteiger charge is 2.39. The van der Waals surface area contributed by atoms with E-state index in [1.807, 2.05) is 12.1 Å². The van der Waals surface area contributed by atoms with Crippen molar-refractivity contribution in [3.05, 3.63) is 29.3 Å². The highest BCUT2D eigenvalue weighted by atomic mass is 16.5. The number of hydrogen-bond acceptors (Lipinski definition) is 3. The summed E-state index contributed by atoms with van der Waals surface area (Å²) in [5.74, 6) is 0.899. The minimum absolute atomic E-state index is 0.110. The molecule has 0 aromatic heterocycles. The van der Waals surface area contributed by atoms with Crippen LogP contribution >= 0.6 is 0 Å². The molecule has 98 valence electrons. The zero-order chi connectivity index (χ0) is 12.6. The number of fused-ring (bicyclic) bond motifs is 1. The molecular weight excluding hydrogens is 228 g/mol. The minimum atomic E-state index is -0.488. The lowest BCUT2D eigenvalue weighted by atomic mass is 9.75. The van der Waals surface area contributed by atoms with Crippen LogP contribution in [-0.4, -0.2) is 24.4 Å². The molecule has 0 spiro atoms. The first-order valence-electron chi connectivity index (χ1n) is 6.72. The van der Waals surface area contributed by atoms with E-state index >= 15 is 0 Å². The van der Waals surface area contributed by atoms with E-state index in [4.69, 9.17) is 9.47 Å². The normalized spacial score (nSPS) is 21.9. The van der Waals surface area contributed by atoms with Crippen LogP contribution in [0.4, 0.5) is 0 Å². The lowest BCUT2D eigenvalue weighted by Crippen LogP contribution is -2.40. The molecule has 3 nitrogen and oxygen atoms in total. The number of hydrogen-bond donors (Lipinski definition) is 1. The Kier molecular flexibility index (Phi) is 3.04. The Balaban J connectivity index is 1.80. The molecule has 2 aliphatic rings. The number of aliphatic hydroxyl groups is 1. The van der Waals surface area contributed by atoms with Gasteiger partial charge < -0.3 is 14.6 Å². The van der Waals surface area contributed by atoms with Crippen LogP contribution in [0.15, 0.2) is 18.2 Å². The van der Waals surface area contributed by atoms with Gasteiger partial charge in [-0.2, -0.15) is 0 Å². The van der Waals surface area contributed by atoms with E-state index < -0.39 is 6.10 Å². The van der Waals surface area contributed by atoms with Crippen LogP contribution in [-0.2, 0) is 11.2 Å².